The standard InChI is InChI=1S/C16H23N3OS/c1-4-10-20-13-9-7-8-12(11-13)15-18-19-16(21-15)14(5-2)17-6-3/h7-9,11,14,17H,4-6,10H2,1-3H3. The van der Waals surface area contributed by atoms with Crippen LogP contribution in [0, 0.1) is 0 Å². The molecule has 21 heavy (non-hydrogen) atoms. The van der Waals surface area contributed by atoms with E-state index in [-0.39, 0.29) is 0 Å². The first kappa shape index (κ1) is 15.9. The van der Waals surface area contributed by atoms with Crippen molar-refractivity contribution in [2.24, 2.45) is 0 Å². The summed E-state index contributed by atoms with van der Waals surface area (Å²) >= 11 is 1.65. The van der Waals surface area contributed by atoms with E-state index in [2.05, 4.69) is 42.4 Å². The van der Waals surface area contributed by atoms with Crippen molar-refractivity contribution >= 4 is 11.3 Å². The molecule has 0 saturated heterocycles. The van der Waals surface area contributed by atoms with Crippen molar-refractivity contribution in [3.05, 3.63) is 29.3 Å². The van der Waals surface area contributed by atoms with Gasteiger partial charge in [0.25, 0.3) is 0 Å². The van der Waals surface area contributed by atoms with Gasteiger partial charge in [0.1, 0.15) is 15.8 Å². The molecule has 1 aromatic heterocycles. The Hall–Kier alpha value is -1.46. The fourth-order valence-corrected chi connectivity index (χ4v) is 3.08. The molecule has 2 rings (SSSR count). The van der Waals surface area contributed by atoms with Crippen molar-refractivity contribution < 1.29 is 4.74 Å². The first-order valence-electron chi connectivity index (χ1n) is 7.58. The molecule has 1 N–H and O–H groups in total. The zero-order valence-electron chi connectivity index (χ0n) is 12.9. The highest BCUT2D eigenvalue weighted by atomic mass is 32.1. The molecule has 5 heteroatoms. The van der Waals surface area contributed by atoms with Crippen molar-refractivity contribution in [2.45, 2.75) is 39.7 Å². The third-order valence-corrected chi connectivity index (χ3v) is 4.24. The Kier molecular flexibility index (Phi) is 6.14. The van der Waals surface area contributed by atoms with E-state index in [4.69, 9.17) is 4.74 Å². The Morgan fingerprint density at radius 1 is 1.24 bits per heavy atom. The SMILES string of the molecule is CCCOc1cccc(-c2nnc(C(CC)NCC)s2)c1. The second-order valence-corrected chi connectivity index (χ2v) is 5.85. The summed E-state index contributed by atoms with van der Waals surface area (Å²) in [7, 11) is 0. The predicted molar refractivity (Wildman–Crippen MR) is 87.8 cm³/mol. The van der Waals surface area contributed by atoms with Crippen LogP contribution in [0.15, 0.2) is 24.3 Å². The van der Waals surface area contributed by atoms with Crippen molar-refractivity contribution in [1.82, 2.24) is 15.5 Å². The minimum absolute atomic E-state index is 0.292. The number of rotatable bonds is 8. The minimum atomic E-state index is 0.292. The molecule has 1 heterocycles. The fraction of sp³-hybridized carbons (Fsp3) is 0.500. The maximum Gasteiger partial charge on any atom is 0.147 e. The molecule has 0 spiro atoms. The molecule has 2 aromatic rings. The van der Waals surface area contributed by atoms with Crippen molar-refractivity contribution in [1.29, 1.82) is 0 Å². The molecular formula is C16H23N3OS. The van der Waals surface area contributed by atoms with Gasteiger partial charge in [-0.3, -0.25) is 0 Å². The van der Waals surface area contributed by atoms with Crippen LogP contribution < -0.4 is 10.1 Å². The Morgan fingerprint density at radius 3 is 2.81 bits per heavy atom. The second kappa shape index (κ2) is 8.10. The molecule has 1 atom stereocenters. The highest BCUT2D eigenvalue weighted by Crippen LogP contribution is 2.30. The van der Waals surface area contributed by atoms with Gasteiger partial charge in [0.2, 0.25) is 0 Å². The van der Waals surface area contributed by atoms with Crippen LogP contribution in [0.5, 0.6) is 5.75 Å². The quantitative estimate of drug-likeness (QED) is 0.799. The molecule has 0 fully saturated rings. The van der Waals surface area contributed by atoms with Crippen molar-refractivity contribution in [3.8, 4) is 16.3 Å². The summed E-state index contributed by atoms with van der Waals surface area (Å²) in [4.78, 5) is 0. The normalized spacial score (nSPS) is 12.3. The summed E-state index contributed by atoms with van der Waals surface area (Å²) in [5.74, 6) is 0.893. The number of nitrogens with zero attached hydrogens (tertiary/aromatic N) is 2. The van der Waals surface area contributed by atoms with E-state index in [0.717, 1.165) is 47.3 Å². The Morgan fingerprint density at radius 2 is 2.10 bits per heavy atom. The summed E-state index contributed by atoms with van der Waals surface area (Å²) in [6.45, 7) is 8.05. The number of hydrogen-bond donors (Lipinski definition) is 1. The number of hydrogen-bond acceptors (Lipinski definition) is 5. The molecule has 4 nitrogen and oxygen atoms in total. The molecule has 1 unspecified atom stereocenters. The maximum absolute atomic E-state index is 5.68. The fourth-order valence-electron chi connectivity index (χ4n) is 2.08. The van der Waals surface area contributed by atoms with E-state index >= 15 is 0 Å². The van der Waals surface area contributed by atoms with Gasteiger partial charge in [0.15, 0.2) is 0 Å². The van der Waals surface area contributed by atoms with Crippen LogP contribution in [0.1, 0.15) is 44.7 Å². The van der Waals surface area contributed by atoms with Crippen molar-refractivity contribution in [2.75, 3.05) is 13.2 Å². The van der Waals surface area contributed by atoms with Crippen molar-refractivity contribution in [3.63, 3.8) is 0 Å². The number of ether oxygens (including phenoxy) is 1. The highest BCUT2D eigenvalue weighted by Gasteiger charge is 2.15. The van der Waals surface area contributed by atoms with Gasteiger partial charge in [-0.25, -0.2) is 0 Å². The average Bonchev–Trinajstić information content (AvgIpc) is 3.00. The van der Waals surface area contributed by atoms with Crippen LogP contribution in [0.4, 0.5) is 0 Å². The molecule has 0 amide bonds. The topological polar surface area (TPSA) is 47.0 Å². The smallest absolute Gasteiger partial charge is 0.147 e. The van der Waals surface area contributed by atoms with Crippen LogP contribution in [0.2, 0.25) is 0 Å². The monoisotopic (exact) mass is 305 g/mol. The Labute approximate surface area is 130 Å². The Balaban J connectivity index is 2.16. The van der Waals surface area contributed by atoms with Gasteiger partial charge >= 0.3 is 0 Å². The zero-order chi connectivity index (χ0) is 15.1. The van der Waals surface area contributed by atoms with E-state index in [9.17, 15) is 0 Å². The highest BCUT2D eigenvalue weighted by molar-refractivity contribution is 7.14. The van der Waals surface area contributed by atoms with E-state index < -0.39 is 0 Å². The van der Waals surface area contributed by atoms with Gasteiger partial charge in [-0.15, -0.1) is 10.2 Å². The molecule has 0 aliphatic carbocycles. The van der Waals surface area contributed by atoms with Gasteiger partial charge < -0.3 is 10.1 Å². The van der Waals surface area contributed by atoms with Crippen LogP contribution in [0.25, 0.3) is 10.6 Å². The average molecular weight is 305 g/mol. The molecule has 114 valence electrons. The summed E-state index contributed by atoms with van der Waals surface area (Å²) in [5.41, 5.74) is 1.07. The number of aromatic nitrogens is 2. The lowest BCUT2D eigenvalue weighted by Gasteiger charge is -2.11. The molecule has 1 aromatic carbocycles. The number of nitrogens with one attached hydrogen (secondary N) is 1. The summed E-state index contributed by atoms with van der Waals surface area (Å²) < 4.78 is 5.68. The van der Waals surface area contributed by atoms with E-state index in [0.29, 0.717) is 6.04 Å². The first-order chi connectivity index (χ1) is 10.3. The van der Waals surface area contributed by atoms with Gasteiger partial charge in [-0.1, -0.05) is 44.2 Å². The summed E-state index contributed by atoms with van der Waals surface area (Å²) in [5, 5.41) is 14.1. The van der Waals surface area contributed by atoms with E-state index in [1.54, 1.807) is 11.3 Å². The lowest BCUT2D eigenvalue weighted by Crippen LogP contribution is -2.19. The minimum Gasteiger partial charge on any atom is -0.494 e. The molecule has 0 saturated carbocycles. The molecular weight excluding hydrogens is 282 g/mol. The van der Waals surface area contributed by atoms with Gasteiger partial charge in [0.05, 0.1) is 12.6 Å². The van der Waals surface area contributed by atoms with Gasteiger partial charge in [-0.05, 0) is 31.5 Å². The molecule has 0 radical (unpaired) electrons. The molecule has 0 aliphatic rings. The number of benzene rings is 1. The first-order valence-corrected chi connectivity index (χ1v) is 8.40. The largest absolute Gasteiger partial charge is 0.494 e. The molecule has 0 aliphatic heterocycles. The lowest BCUT2D eigenvalue weighted by molar-refractivity contribution is 0.317. The predicted octanol–water partition coefficient (Wildman–Crippen LogP) is 4.05. The van der Waals surface area contributed by atoms with E-state index in [1.165, 1.54) is 0 Å². The van der Waals surface area contributed by atoms with Gasteiger partial charge in [-0.2, -0.15) is 0 Å². The summed E-state index contributed by atoms with van der Waals surface area (Å²) in [6, 6.07) is 8.36. The Bertz CT molecular complexity index is 556. The van der Waals surface area contributed by atoms with E-state index in [1.807, 2.05) is 18.2 Å². The van der Waals surface area contributed by atoms with Gasteiger partial charge in [0, 0.05) is 5.56 Å². The molecule has 0 bridgehead atoms. The zero-order valence-corrected chi connectivity index (χ0v) is 13.7. The summed E-state index contributed by atoms with van der Waals surface area (Å²) in [6.07, 6.45) is 2.02. The van der Waals surface area contributed by atoms with Crippen LogP contribution in [-0.2, 0) is 0 Å². The maximum atomic E-state index is 5.68. The van der Waals surface area contributed by atoms with Crippen LogP contribution >= 0.6 is 11.3 Å². The second-order valence-electron chi connectivity index (χ2n) is 4.84. The lowest BCUT2D eigenvalue weighted by atomic mass is 10.2. The third-order valence-electron chi connectivity index (χ3n) is 3.15. The third kappa shape index (κ3) is 4.25. The van der Waals surface area contributed by atoms with Crippen LogP contribution in [-0.4, -0.2) is 23.3 Å². The van der Waals surface area contributed by atoms with Crippen LogP contribution in [0.3, 0.4) is 0 Å².